The maximum Gasteiger partial charge on any atom is 0.309 e. The van der Waals surface area contributed by atoms with Gasteiger partial charge in [-0.2, -0.15) is 0 Å². The summed E-state index contributed by atoms with van der Waals surface area (Å²) in [6.07, 6.45) is 17.5. The Kier molecular flexibility index (Phi) is 21.7. The van der Waals surface area contributed by atoms with Crippen LogP contribution >= 0.6 is 0 Å². The Morgan fingerprint density at radius 3 is 1.62 bits per heavy atom. The van der Waals surface area contributed by atoms with Gasteiger partial charge in [-0.05, 0) is 43.4 Å². The minimum Gasteiger partial charge on any atom is -0.466 e. The molecule has 34 heavy (non-hydrogen) atoms. The Balaban J connectivity index is 4.10. The summed E-state index contributed by atoms with van der Waals surface area (Å²) in [5.74, 6) is 1.15. The van der Waals surface area contributed by atoms with Crippen molar-refractivity contribution in [2.75, 3.05) is 13.2 Å². The quantitative estimate of drug-likeness (QED) is 0.108. The third kappa shape index (κ3) is 17.4. The van der Waals surface area contributed by atoms with Crippen molar-refractivity contribution in [3.8, 4) is 0 Å². The van der Waals surface area contributed by atoms with Crippen molar-refractivity contribution < 1.29 is 19.1 Å². The maximum atomic E-state index is 12.9. The molecule has 0 aliphatic carbocycles. The van der Waals surface area contributed by atoms with Crippen LogP contribution in [0.25, 0.3) is 0 Å². The molecule has 0 aromatic rings. The van der Waals surface area contributed by atoms with Gasteiger partial charge in [0.15, 0.2) is 0 Å². The molecule has 0 amide bonds. The molecular weight excluding hydrogens is 424 g/mol. The molecule has 0 saturated heterocycles. The molecule has 202 valence electrons. The number of ether oxygens (including phenoxy) is 2. The predicted octanol–water partition coefficient (Wildman–Crippen LogP) is 8.90. The molecule has 0 rings (SSSR count). The first-order valence-corrected chi connectivity index (χ1v) is 14.7. The van der Waals surface area contributed by atoms with Gasteiger partial charge in [-0.15, -0.1) is 0 Å². The first-order chi connectivity index (χ1) is 16.3. The number of rotatable bonds is 23. The van der Waals surface area contributed by atoms with E-state index in [1.54, 1.807) is 0 Å². The maximum absolute atomic E-state index is 12.9. The van der Waals surface area contributed by atoms with Crippen molar-refractivity contribution in [3.63, 3.8) is 0 Å². The van der Waals surface area contributed by atoms with Crippen molar-refractivity contribution in [3.05, 3.63) is 0 Å². The van der Waals surface area contributed by atoms with E-state index in [0.717, 1.165) is 51.4 Å². The van der Waals surface area contributed by atoms with Crippen LogP contribution in [0.4, 0.5) is 0 Å². The molecule has 0 heterocycles. The third-order valence-corrected chi connectivity index (χ3v) is 6.98. The predicted molar refractivity (Wildman–Crippen MR) is 144 cm³/mol. The fourth-order valence-corrected chi connectivity index (χ4v) is 4.81. The fourth-order valence-electron chi connectivity index (χ4n) is 4.81. The molecular formula is C30H58O4. The van der Waals surface area contributed by atoms with Gasteiger partial charge in [0.2, 0.25) is 0 Å². The molecule has 0 saturated carbocycles. The van der Waals surface area contributed by atoms with Gasteiger partial charge < -0.3 is 9.47 Å². The molecule has 0 fully saturated rings. The van der Waals surface area contributed by atoms with Crippen molar-refractivity contribution in [2.24, 2.45) is 23.7 Å². The van der Waals surface area contributed by atoms with Gasteiger partial charge in [0.1, 0.15) is 0 Å². The van der Waals surface area contributed by atoms with Crippen molar-refractivity contribution >= 4 is 11.9 Å². The molecule has 2 atom stereocenters. The smallest absolute Gasteiger partial charge is 0.309 e. The number of carbonyl (C=O) groups is 2. The third-order valence-electron chi connectivity index (χ3n) is 6.98. The summed E-state index contributed by atoms with van der Waals surface area (Å²) in [6, 6.07) is 0. The lowest BCUT2D eigenvalue weighted by Gasteiger charge is -2.31. The van der Waals surface area contributed by atoms with Crippen LogP contribution in [-0.2, 0) is 19.1 Å². The van der Waals surface area contributed by atoms with E-state index in [1.165, 1.54) is 44.9 Å². The van der Waals surface area contributed by atoms with Crippen LogP contribution in [0.2, 0.25) is 0 Å². The van der Waals surface area contributed by atoms with Gasteiger partial charge in [-0.1, -0.05) is 112 Å². The highest BCUT2D eigenvalue weighted by molar-refractivity contribution is 5.73. The zero-order valence-corrected chi connectivity index (χ0v) is 23.7. The summed E-state index contributed by atoms with van der Waals surface area (Å²) in [5, 5.41) is 0. The van der Waals surface area contributed by atoms with Crippen molar-refractivity contribution in [1.29, 1.82) is 0 Å². The summed E-state index contributed by atoms with van der Waals surface area (Å²) in [7, 11) is 0. The zero-order chi connectivity index (χ0) is 25.6. The number of esters is 2. The molecule has 0 spiro atoms. The molecule has 0 N–H and O–H groups in total. The number of hydrogen-bond donors (Lipinski definition) is 0. The van der Waals surface area contributed by atoms with E-state index in [0.29, 0.717) is 37.4 Å². The molecule has 0 aliphatic heterocycles. The summed E-state index contributed by atoms with van der Waals surface area (Å²) < 4.78 is 11.0. The highest BCUT2D eigenvalue weighted by Gasteiger charge is 2.33. The van der Waals surface area contributed by atoms with E-state index in [9.17, 15) is 9.59 Å². The second-order valence-electron chi connectivity index (χ2n) is 10.8. The number of unbranched alkanes of at least 4 members (excludes halogenated alkanes) is 11. The lowest BCUT2D eigenvalue weighted by molar-refractivity contribution is -0.153. The number of hydrogen-bond acceptors (Lipinski definition) is 4. The van der Waals surface area contributed by atoms with Crippen molar-refractivity contribution in [1.82, 2.24) is 0 Å². The Labute approximate surface area is 212 Å². The molecule has 0 aromatic heterocycles. The topological polar surface area (TPSA) is 52.6 Å². The van der Waals surface area contributed by atoms with Gasteiger partial charge in [0.25, 0.3) is 0 Å². The largest absolute Gasteiger partial charge is 0.466 e. The second kappa shape index (κ2) is 22.4. The Morgan fingerprint density at radius 1 is 0.588 bits per heavy atom. The number of carbonyl (C=O) groups excluding carboxylic acids is 2. The Morgan fingerprint density at radius 2 is 1.09 bits per heavy atom. The SMILES string of the molecule is CCCCCCOC(=O)CCCCCCCCC(C(C)C)C(C(=O)OCCCCCC)C(C)C. The van der Waals surface area contributed by atoms with Gasteiger partial charge in [-0.3, -0.25) is 9.59 Å². The highest BCUT2D eigenvalue weighted by Crippen LogP contribution is 2.33. The first kappa shape index (κ1) is 32.9. The molecule has 4 nitrogen and oxygen atoms in total. The Bertz CT molecular complexity index is 486. The van der Waals surface area contributed by atoms with E-state index in [4.69, 9.17) is 9.47 Å². The second-order valence-corrected chi connectivity index (χ2v) is 10.8. The summed E-state index contributed by atoms with van der Waals surface area (Å²) in [6.45, 7) is 14.3. The zero-order valence-electron chi connectivity index (χ0n) is 23.7. The molecule has 0 radical (unpaired) electrons. The molecule has 0 aromatic carbocycles. The molecule has 4 heteroatoms. The van der Waals surface area contributed by atoms with E-state index in [2.05, 4.69) is 41.5 Å². The molecule has 0 aliphatic rings. The van der Waals surface area contributed by atoms with Crippen LogP contribution in [0.15, 0.2) is 0 Å². The lowest BCUT2D eigenvalue weighted by atomic mass is 9.74. The standard InChI is InChI=1S/C30H58O4/c1-7-9-11-19-23-33-28(31)22-18-16-14-13-15-17-21-27(25(3)4)29(26(5)6)30(32)34-24-20-12-10-8-2/h25-27,29H,7-24H2,1-6H3. The Hall–Kier alpha value is -1.06. The lowest BCUT2D eigenvalue weighted by Crippen LogP contribution is -2.33. The summed E-state index contributed by atoms with van der Waals surface area (Å²) in [5.41, 5.74) is 0. The van der Waals surface area contributed by atoms with E-state index in [1.807, 2.05) is 0 Å². The van der Waals surface area contributed by atoms with Gasteiger partial charge in [0, 0.05) is 6.42 Å². The highest BCUT2D eigenvalue weighted by atomic mass is 16.5. The monoisotopic (exact) mass is 482 g/mol. The molecule has 0 bridgehead atoms. The van der Waals surface area contributed by atoms with Crippen LogP contribution in [-0.4, -0.2) is 25.2 Å². The average Bonchev–Trinajstić information content (AvgIpc) is 2.79. The average molecular weight is 483 g/mol. The van der Waals surface area contributed by atoms with E-state index < -0.39 is 0 Å². The summed E-state index contributed by atoms with van der Waals surface area (Å²) in [4.78, 5) is 24.7. The first-order valence-electron chi connectivity index (χ1n) is 14.7. The van der Waals surface area contributed by atoms with E-state index in [-0.39, 0.29) is 17.9 Å². The fraction of sp³-hybridized carbons (Fsp3) is 0.933. The van der Waals surface area contributed by atoms with Crippen LogP contribution in [0.3, 0.4) is 0 Å². The van der Waals surface area contributed by atoms with Crippen molar-refractivity contribution in [2.45, 2.75) is 144 Å². The van der Waals surface area contributed by atoms with E-state index >= 15 is 0 Å². The summed E-state index contributed by atoms with van der Waals surface area (Å²) >= 11 is 0. The van der Waals surface area contributed by atoms with Crippen LogP contribution in [0, 0.1) is 23.7 Å². The molecule has 2 unspecified atom stereocenters. The van der Waals surface area contributed by atoms with Crippen LogP contribution in [0.1, 0.15) is 144 Å². The van der Waals surface area contributed by atoms with Crippen LogP contribution in [0.5, 0.6) is 0 Å². The van der Waals surface area contributed by atoms with Gasteiger partial charge >= 0.3 is 11.9 Å². The normalized spacial score (nSPS) is 13.3. The van der Waals surface area contributed by atoms with Crippen LogP contribution < -0.4 is 0 Å². The minimum atomic E-state index is -0.0340. The van der Waals surface area contributed by atoms with Gasteiger partial charge in [0.05, 0.1) is 19.1 Å². The van der Waals surface area contributed by atoms with Gasteiger partial charge in [-0.25, -0.2) is 0 Å². The minimum absolute atomic E-state index is 0.000778.